The Labute approximate surface area is 69.8 Å². The minimum Gasteiger partial charge on any atom is -0.330 e. The first-order valence-electron chi connectivity index (χ1n) is 4.71. The molecule has 0 saturated heterocycles. The van der Waals surface area contributed by atoms with Gasteiger partial charge in [-0.3, -0.25) is 0 Å². The van der Waals surface area contributed by atoms with Crippen LogP contribution in [0.3, 0.4) is 0 Å². The molecule has 0 bridgehead atoms. The van der Waals surface area contributed by atoms with Crippen LogP contribution in [-0.2, 0) is 0 Å². The molecular weight excluding hydrogens is 136 g/mol. The van der Waals surface area contributed by atoms with Gasteiger partial charge in [-0.1, -0.05) is 0 Å². The van der Waals surface area contributed by atoms with Crippen molar-refractivity contribution in [1.29, 1.82) is 0 Å². The lowest BCUT2D eigenvalue weighted by Crippen LogP contribution is -2.22. The van der Waals surface area contributed by atoms with Gasteiger partial charge in [-0.15, -0.1) is 0 Å². The molecule has 0 spiro atoms. The molecule has 66 valence electrons. The van der Waals surface area contributed by atoms with E-state index >= 15 is 0 Å². The molecule has 0 heterocycles. The monoisotopic (exact) mass is 156 g/mol. The highest BCUT2D eigenvalue weighted by Gasteiger charge is 2.22. The summed E-state index contributed by atoms with van der Waals surface area (Å²) in [6.07, 6.45) is 5.36. The SMILES string of the molecule is CN(CCCCN)CC1CC1. The van der Waals surface area contributed by atoms with Crippen molar-refractivity contribution in [2.45, 2.75) is 25.7 Å². The van der Waals surface area contributed by atoms with Crippen molar-refractivity contribution < 1.29 is 0 Å². The van der Waals surface area contributed by atoms with E-state index in [2.05, 4.69) is 11.9 Å². The normalized spacial score (nSPS) is 17.7. The Morgan fingerprint density at radius 1 is 1.36 bits per heavy atom. The zero-order valence-corrected chi connectivity index (χ0v) is 7.55. The van der Waals surface area contributed by atoms with Crippen molar-refractivity contribution in [3.05, 3.63) is 0 Å². The lowest BCUT2D eigenvalue weighted by molar-refractivity contribution is 0.314. The molecule has 2 nitrogen and oxygen atoms in total. The lowest BCUT2D eigenvalue weighted by atomic mass is 10.3. The predicted octanol–water partition coefficient (Wildman–Crippen LogP) is 1.07. The molecule has 0 aromatic rings. The van der Waals surface area contributed by atoms with E-state index in [0.29, 0.717) is 0 Å². The lowest BCUT2D eigenvalue weighted by Gasteiger charge is -2.15. The van der Waals surface area contributed by atoms with Gasteiger partial charge < -0.3 is 10.6 Å². The average Bonchev–Trinajstić information content (AvgIpc) is 2.72. The Bertz CT molecular complexity index is 99.7. The fourth-order valence-corrected chi connectivity index (χ4v) is 1.36. The highest BCUT2D eigenvalue weighted by Crippen LogP contribution is 2.29. The molecule has 2 N–H and O–H groups in total. The first-order valence-corrected chi connectivity index (χ1v) is 4.71. The topological polar surface area (TPSA) is 29.3 Å². The van der Waals surface area contributed by atoms with Gasteiger partial charge in [0.05, 0.1) is 0 Å². The molecule has 1 rings (SSSR count). The van der Waals surface area contributed by atoms with E-state index in [0.717, 1.165) is 12.5 Å². The van der Waals surface area contributed by atoms with Crippen LogP contribution in [0.2, 0.25) is 0 Å². The summed E-state index contributed by atoms with van der Waals surface area (Å²) in [6, 6.07) is 0. The number of hydrogen-bond donors (Lipinski definition) is 1. The fourth-order valence-electron chi connectivity index (χ4n) is 1.36. The molecule has 1 aliphatic carbocycles. The van der Waals surface area contributed by atoms with Gasteiger partial charge >= 0.3 is 0 Å². The van der Waals surface area contributed by atoms with E-state index < -0.39 is 0 Å². The number of nitrogens with zero attached hydrogens (tertiary/aromatic N) is 1. The van der Waals surface area contributed by atoms with E-state index in [9.17, 15) is 0 Å². The third kappa shape index (κ3) is 4.38. The van der Waals surface area contributed by atoms with E-state index in [1.807, 2.05) is 0 Å². The smallest absolute Gasteiger partial charge is 0.000661 e. The van der Waals surface area contributed by atoms with Crippen LogP contribution >= 0.6 is 0 Å². The maximum absolute atomic E-state index is 5.41. The molecule has 11 heavy (non-hydrogen) atoms. The van der Waals surface area contributed by atoms with Crippen LogP contribution in [0.15, 0.2) is 0 Å². The van der Waals surface area contributed by atoms with Gasteiger partial charge in [0.1, 0.15) is 0 Å². The molecule has 0 aliphatic heterocycles. The Kier molecular flexibility index (Phi) is 3.87. The molecule has 1 saturated carbocycles. The van der Waals surface area contributed by atoms with E-state index in [1.165, 1.54) is 38.8 Å². The van der Waals surface area contributed by atoms with Crippen molar-refractivity contribution in [2.24, 2.45) is 11.7 Å². The number of nitrogens with two attached hydrogens (primary N) is 1. The molecule has 0 atom stereocenters. The Morgan fingerprint density at radius 2 is 2.09 bits per heavy atom. The van der Waals surface area contributed by atoms with E-state index in [4.69, 9.17) is 5.73 Å². The van der Waals surface area contributed by atoms with Crippen LogP contribution in [0.4, 0.5) is 0 Å². The van der Waals surface area contributed by atoms with Gasteiger partial charge in [-0.25, -0.2) is 0 Å². The van der Waals surface area contributed by atoms with Crippen LogP contribution < -0.4 is 5.73 Å². The van der Waals surface area contributed by atoms with Gasteiger partial charge in [0, 0.05) is 6.54 Å². The maximum atomic E-state index is 5.41. The van der Waals surface area contributed by atoms with Gasteiger partial charge in [-0.2, -0.15) is 0 Å². The summed E-state index contributed by atoms with van der Waals surface area (Å²) in [7, 11) is 2.22. The summed E-state index contributed by atoms with van der Waals surface area (Å²) in [6.45, 7) is 3.38. The van der Waals surface area contributed by atoms with Crippen molar-refractivity contribution in [2.75, 3.05) is 26.7 Å². The number of rotatable bonds is 6. The van der Waals surface area contributed by atoms with Crippen LogP contribution in [0.1, 0.15) is 25.7 Å². The van der Waals surface area contributed by atoms with Crippen molar-refractivity contribution in [3.8, 4) is 0 Å². The number of unbranched alkanes of at least 4 members (excludes halogenated alkanes) is 1. The van der Waals surface area contributed by atoms with Crippen molar-refractivity contribution >= 4 is 0 Å². The predicted molar refractivity (Wildman–Crippen MR) is 48.5 cm³/mol. The van der Waals surface area contributed by atoms with E-state index in [-0.39, 0.29) is 0 Å². The molecule has 0 amide bonds. The van der Waals surface area contributed by atoms with Crippen LogP contribution in [-0.4, -0.2) is 31.6 Å². The van der Waals surface area contributed by atoms with Crippen molar-refractivity contribution in [3.63, 3.8) is 0 Å². The zero-order valence-electron chi connectivity index (χ0n) is 7.55. The summed E-state index contributed by atoms with van der Waals surface area (Å²) >= 11 is 0. The second-order valence-corrected chi connectivity index (χ2v) is 3.70. The Morgan fingerprint density at radius 3 is 2.64 bits per heavy atom. The molecule has 0 aromatic heterocycles. The van der Waals surface area contributed by atoms with Crippen LogP contribution in [0, 0.1) is 5.92 Å². The molecule has 0 aromatic carbocycles. The van der Waals surface area contributed by atoms with Gasteiger partial charge in [0.15, 0.2) is 0 Å². The van der Waals surface area contributed by atoms with Crippen LogP contribution in [0.25, 0.3) is 0 Å². The molecule has 1 aliphatic rings. The van der Waals surface area contributed by atoms with Crippen molar-refractivity contribution in [1.82, 2.24) is 4.90 Å². The average molecular weight is 156 g/mol. The molecule has 0 unspecified atom stereocenters. The first kappa shape index (κ1) is 9.01. The summed E-state index contributed by atoms with van der Waals surface area (Å²) in [4.78, 5) is 2.44. The third-order valence-corrected chi connectivity index (χ3v) is 2.26. The van der Waals surface area contributed by atoms with Gasteiger partial charge in [-0.05, 0) is 51.7 Å². The Balaban J connectivity index is 1.87. The minimum absolute atomic E-state index is 0.845. The van der Waals surface area contributed by atoms with Crippen LogP contribution in [0.5, 0.6) is 0 Å². The molecule has 2 heteroatoms. The highest BCUT2D eigenvalue weighted by atomic mass is 15.1. The molecule has 0 radical (unpaired) electrons. The Hall–Kier alpha value is -0.0800. The third-order valence-electron chi connectivity index (χ3n) is 2.26. The first-order chi connectivity index (χ1) is 5.33. The fraction of sp³-hybridized carbons (Fsp3) is 1.00. The van der Waals surface area contributed by atoms with Gasteiger partial charge in [0.2, 0.25) is 0 Å². The van der Waals surface area contributed by atoms with E-state index in [1.54, 1.807) is 0 Å². The second kappa shape index (κ2) is 4.73. The summed E-state index contributed by atoms with van der Waals surface area (Å²) in [5, 5.41) is 0. The quantitative estimate of drug-likeness (QED) is 0.583. The molecule has 1 fully saturated rings. The molecular formula is C9H20N2. The summed E-state index contributed by atoms with van der Waals surface area (Å²) in [5.74, 6) is 1.03. The highest BCUT2D eigenvalue weighted by molar-refractivity contribution is 4.75. The summed E-state index contributed by atoms with van der Waals surface area (Å²) in [5.41, 5.74) is 5.41. The summed E-state index contributed by atoms with van der Waals surface area (Å²) < 4.78 is 0. The van der Waals surface area contributed by atoms with Gasteiger partial charge in [0.25, 0.3) is 0 Å². The zero-order chi connectivity index (χ0) is 8.10. The second-order valence-electron chi connectivity index (χ2n) is 3.70. The minimum atomic E-state index is 0.845. The maximum Gasteiger partial charge on any atom is 0.000661 e. The number of hydrogen-bond acceptors (Lipinski definition) is 2. The largest absolute Gasteiger partial charge is 0.330 e. The standard InChI is InChI=1S/C9H20N2/c1-11(7-3-2-6-10)8-9-4-5-9/h9H,2-8,10H2,1H3.